The molecule has 0 spiro atoms. The van der Waals surface area contributed by atoms with Gasteiger partial charge in [-0.1, -0.05) is 0 Å². The molecule has 0 aromatic carbocycles. The van der Waals surface area contributed by atoms with E-state index in [4.69, 9.17) is 8.92 Å². The Bertz CT molecular complexity index is 341. The Hall–Kier alpha value is -0.100. The van der Waals surface area contributed by atoms with Crippen molar-refractivity contribution >= 4 is 16.3 Å². The van der Waals surface area contributed by atoms with E-state index in [0.717, 1.165) is 12.8 Å². The van der Waals surface area contributed by atoms with Gasteiger partial charge < -0.3 is 4.74 Å². The quantitative estimate of drug-likeness (QED) is 0.856. The Labute approximate surface area is 125 Å². The first-order chi connectivity index (χ1) is 9.01. The average molecular weight is 305 g/mol. The van der Waals surface area contributed by atoms with Gasteiger partial charge in [0.2, 0.25) is 0 Å². The van der Waals surface area contributed by atoms with E-state index in [2.05, 4.69) is 4.99 Å². The van der Waals surface area contributed by atoms with Crippen molar-refractivity contribution in [3.05, 3.63) is 0 Å². The molecule has 1 saturated heterocycles. The third-order valence-corrected chi connectivity index (χ3v) is 7.41. The molecule has 1 unspecified atom stereocenters. The van der Waals surface area contributed by atoms with Crippen LogP contribution in [-0.4, -0.2) is 46.1 Å². The van der Waals surface area contributed by atoms with Gasteiger partial charge in [0.05, 0.1) is 28.8 Å². The van der Waals surface area contributed by atoms with Gasteiger partial charge in [0, 0.05) is 25.6 Å². The molecule has 20 heavy (non-hydrogen) atoms. The van der Waals surface area contributed by atoms with Gasteiger partial charge in [-0.3, -0.25) is 13.7 Å². The van der Waals surface area contributed by atoms with Crippen LogP contribution in [0.2, 0.25) is 0 Å². The predicted octanol–water partition coefficient (Wildman–Crippen LogP) is 4.04. The summed E-state index contributed by atoms with van der Waals surface area (Å²) in [5.41, 5.74) is 1.18. The van der Waals surface area contributed by atoms with E-state index in [1.54, 1.807) is 0 Å². The molecule has 1 aliphatic heterocycles. The van der Waals surface area contributed by atoms with Crippen molar-refractivity contribution in [1.29, 1.82) is 0 Å². The number of rotatable bonds is 3. The molecule has 1 atom stereocenters. The van der Waals surface area contributed by atoms with Crippen molar-refractivity contribution in [1.82, 2.24) is 0 Å². The third kappa shape index (κ3) is 3.97. The van der Waals surface area contributed by atoms with Crippen LogP contribution in [0.3, 0.4) is 0 Å². The monoisotopic (exact) mass is 305 g/mol. The molecule has 0 radical (unpaired) electrons. The van der Waals surface area contributed by atoms with Crippen LogP contribution in [0, 0.1) is 0 Å². The zero-order valence-corrected chi connectivity index (χ0v) is 14.8. The molecular formula is C15H31NO3S. The van der Waals surface area contributed by atoms with Crippen molar-refractivity contribution in [2.24, 2.45) is 4.99 Å². The molecule has 1 heterocycles. The van der Waals surface area contributed by atoms with E-state index in [1.165, 1.54) is 5.71 Å². The van der Waals surface area contributed by atoms with Crippen molar-refractivity contribution in [2.75, 3.05) is 20.3 Å². The van der Waals surface area contributed by atoms with E-state index in [-0.39, 0.29) is 15.6 Å². The first kappa shape index (κ1) is 18.0. The number of ether oxygens (including phenoxy) is 1. The van der Waals surface area contributed by atoms with E-state index in [0.29, 0.717) is 13.2 Å². The maximum Gasteiger partial charge on any atom is 0.0980 e. The summed E-state index contributed by atoms with van der Waals surface area (Å²) in [5.74, 6) is 0. The minimum Gasteiger partial charge on any atom is -0.375 e. The fraction of sp³-hybridized carbons (Fsp3) is 0.933. The molecule has 1 N–H and O–H groups in total. The number of nitrogens with zero attached hydrogens (tertiary/aromatic N) is 1. The lowest BCUT2D eigenvalue weighted by atomic mass is 10.1. The Morgan fingerprint density at radius 2 is 1.80 bits per heavy atom. The molecule has 0 aromatic heterocycles. The molecular weight excluding hydrogens is 274 g/mol. The minimum atomic E-state index is -2.21. The Morgan fingerprint density at radius 1 is 1.25 bits per heavy atom. The van der Waals surface area contributed by atoms with Crippen LogP contribution >= 0.6 is 10.6 Å². The maximum atomic E-state index is 11.1. The second-order valence-electron chi connectivity index (χ2n) is 7.27. The lowest BCUT2D eigenvalue weighted by Crippen LogP contribution is -2.41. The van der Waals surface area contributed by atoms with Gasteiger partial charge in [-0.05, 0) is 41.5 Å². The Balaban J connectivity index is 2.74. The third-order valence-electron chi connectivity index (χ3n) is 3.61. The smallest absolute Gasteiger partial charge is 0.0980 e. The van der Waals surface area contributed by atoms with Crippen LogP contribution in [0.5, 0.6) is 0 Å². The fourth-order valence-electron chi connectivity index (χ4n) is 2.52. The summed E-state index contributed by atoms with van der Waals surface area (Å²) in [5, 5.41) is 0. The topological polar surface area (TPSA) is 51.0 Å². The van der Waals surface area contributed by atoms with Crippen molar-refractivity contribution in [2.45, 2.75) is 70.0 Å². The molecule has 1 fully saturated rings. The van der Waals surface area contributed by atoms with E-state index in [9.17, 15) is 4.55 Å². The normalized spacial score (nSPS) is 25.0. The Kier molecular flexibility index (Phi) is 5.69. The lowest BCUT2D eigenvalue weighted by molar-refractivity contribution is 0.0176. The van der Waals surface area contributed by atoms with Crippen molar-refractivity contribution < 1.29 is 13.5 Å². The van der Waals surface area contributed by atoms with Crippen LogP contribution < -0.4 is 0 Å². The van der Waals surface area contributed by atoms with Gasteiger partial charge in [-0.2, -0.15) is 10.6 Å². The largest absolute Gasteiger partial charge is 0.375 e. The summed E-state index contributed by atoms with van der Waals surface area (Å²) in [6.45, 7) is 13.3. The SMILES string of the molecule is CN=C1CCOC(COS(O)(C(C)(C)C)C(C)(C)C)C1. The summed E-state index contributed by atoms with van der Waals surface area (Å²) in [4.78, 5) is 4.27. The molecule has 120 valence electrons. The summed E-state index contributed by atoms with van der Waals surface area (Å²) < 4.78 is 22.3. The highest BCUT2D eigenvalue weighted by Gasteiger charge is 2.43. The van der Waals surface area contributed by atoms with E-state index in [1.807, 2.05) is 48.6 Å². The predicted molar refractivity (Wildman–Crippen MR) is 88.0 cm³/mol. The highest BCUT2D eigenvalue weighted by molar-refractivity contribution is 8.27. The van der Waals surface area contributed by atoms with Gasteiger partial charge in [0.1, 0.15) is 0 Å². The number of hydrogen-bond acceptors (Lipinski definition) is 4. The van der Waals surface area contributed by atoms with Gasteiger partial charge in [0.15, 0.2) is 0 Å². The van der Waals surface area contributed by atoms with Crippen molar-refractivity contribution in [3.8, 4) is 0 Å². The molecule has 1 aliphatic rings. The van der Waals surface area contributed by atoms with Gasteiger partial charge in [-0.15, -0.1) is 0 Å². The second kappa shape index (κ2) is 6.34. The summed E-state index contributed by atoms with van der Waals surface area (Å²) in [6, 6.07) is 0. The summed E-state index contributed by atoms with van der Waals surface area (Å²) in [6.07, 6.45) is 1.72. The standard InChI is InChI=1S/C15H31NO3S/c1-14(2,3)20(17,15(4,5)6)19-11-13-10-12(16-7)8-9-18-13/h13,17H,8-11H2,1-7H3. The molecule has 0 aromatic rings. The van der Waals surface area contributed by atoms with Crippen molar-refractivity contribution in [3.63, 3.8) is 0 Å². The zero-order valence-electron chi connectivity index (χ0n) is 14.0. The highest BCUT2D eigenvalue weighted by atomic mass is 32.3. The van der Waals surface area contributed by atoms with Crippen LogP contribution in [0.15, 0.2) is 4.99 Å². The molecule has 0 aliphatic carbocycles. The van der Waals surface area contributed by atoms with Crippen LogP contribution in [0.25, 0.3) is 0 Å². The second-order valence-corrected chi connectivity index (χ2v) is 11.0. The average Bonchev–Trinajstić information content (AvgIpc) is 2.33. The minimum absolute atomic E-state index is 0.00572. The summed E-state index contributed by atoms with van der Waals surface area (Å²) >= 11 is 0. The van der Waals surface area contributed by atoms with Gasteiger partial charge >= 0.3 is 0 Å². The summed E-state index contributed by atoms with van der Waals surface area (Å²) in [7, 11) is -0.391. The first-order valence-electron chi connectivity index (χ1n) is 7.26. The Morgan fingerprint density at radius 3 is 2.25 bits per heavy atom. The van der Waals surface area contributed by atoms with Gasteiger partial charge in [0.25, 0.3) is 0 Å². The molecule has 0 bridgehead atoms. The van der Waals surface area contributed by atoms with Crippen LogP contribution in [-0.2, 0) is 8.92 Å². The fourth-order valence-corrected chi connectivity index (χ4v) is 5.42. The van der Waals surface area contributed by atoms with Crippen LogP contribution in [0.1, 0.15) is 54.4 Å². The molecule has 1 rings (SSSR count). The molecule has 0 amide bonds. The number of hydrogen-bond donors (Lipinski definition) is 1. The van der Waals surface area contributed by atoms with E-state index < -0.39 is 10.6 Å². The maximum absolute atomic E-state index is 11.1. The molecule has 4 nitrogen and oxygen atoms in total. The van der Waals surface area contributed by atoms with Crippen LogP contribution in [0.4, 0.5) is 0 Å². The van der Waals surface area contributed by atoms with E-state index >= 15 is 0 Å². The first-order valence-corrected chi connectivity index (χ1v) is 8.78. The highest BCUT2D eigenvalue weighted by Crippen LogP contribution is 2.65. The molecule has 0 saturated carbocycles. The zero-order chi connectivity index (χ0) is 15.6. The molecule has 5 heteroatoms. The lowest BCUT2D eigenvalue weighted by Gasteiger charge is -2.57. The number of aliphatic imine (C=N–C) groups is 1. The van der Waals surface area contributed by atoms with Gasteiger partial charge in [-0.25, -0.2) is 0 Å².